The number of ether oxygens (including phenoxy) is 1. The zero-order valence-corrected chi connectivity index (χ0v) is 21.7. The fourth-order valence-corrected chi connectivity index (χ4v) is 5.21. The molecule has 0 bridgehead atoms. The highest BCUT2D eigenvalue weighted by atomic mass is 16.5. The summed E-state index contributed by atoms with van der Waals surface area (Å²) in [6, 6.07) is 19.1. The topological polar surface area (TPSA) is 89.4 Å². The van der Waals surface area contributed by atoms with Crippen molar-refractivity contribution in [1.82, 2.24) is 19.4 Å². The molecule has 2 aromatic carbocycles. The Hall–Kier alpha value is -4.72. The maximum Gasteiger partial charge on any atom is 0.257 e. The Morgan fingerprint density at radius 3 is 2.56 bits per heavy atom. The third-order valence-electron chi connectivity index (χ3n) is 7.31. The maximum absolute atomic E-state index is 13.3. The van der Waals surface area contributed by atoms with Crippen molar-refractivity contribution >= 4 is 23.6 Å². The largest absolute Gasteiger partial charge is 0.488 e. The van der Waals surface area contributed by atoms with Gasteiger partial charge in [0.2, 0.25) is 0 Å². The number of likely N-dealkylation sites (tertiary alicyclic amines) is 1. The molecule has 2 aromatic heterocycles. The number of aryl methyl sites for hydroxylation is 1. The fraction of sp³-hybridized carbons (Fsp3) is 0.226. The minimum Gasteiger partial charge on any atom is -0.488 e. The molecule has 6 rings (SSSR count). The summed E-state index contributed by atoms with van der Waals surface area (Å²) >= 11 is 0. The second-order valence-corrected chi connectivity index (χ2v) is 9.92. The quantitative estimate of drug-likeness (QED) is 0.400. The van der Waals surface area contributed by atoms with Gasteiger partial charge in [0.05, 0.1) is 23.2 Å². The molecule has 1 N–H and O–H groups in total. The van der Waals surface area contributed by atoms with Gasteiger partial charge in [-0.05, 0) is 68.3 Å². The van der Waals surface area contributed by atoms with Gasteiger partial charge in [0.1, 0.15) is 12.4 Å². The molecular formula is C31H29N5O3. The number of hydrogen-bond acceptors (Lipinski definition) is 5. The van der Waals surface area contributed by atoms with E-state index in [4.69, 9.17) is 9.72 Å². The molecule has 2 aliphatic heterocycles. The molecule has 4 aromatic rings. The van der Waals surface area contributed by atoms with Gasteiger partial charge in [0, 0.05) is 54.0 Å². The number of amides is 2. The smallest absolute Gasteiger partial charge is 0.257 e. The summed E-state index contributed by atoms with van der Waals surface area (Å²) in [5.41, 5.74) is 5.50. The molecule has 39 heavy (non-hydrogen) atoms. The summed E-state index contributed by atoms with van der Waals surface area (Å²) in [5.74, 6) is 0.723. The number of rotatable bonds is 5. The van der Waals surface area contributed by atoms with E-state index >= 15 is 0 Å². The standard InChI is InChI=1S/C31H29N5O3/c1-21-6-11-27(30(37)34-25-7-9-26(10-8-25)36-17-14-32-20-36)29(33-21)22-12-15-35(16-13-22)31(38)24-18-23-4-2-3-5-28(23)39-19-24/h2-11,14,17-18,20,22H,12-13,15-16,19H2,1H3,(H,34,37). The highest BCUT2D eigenvalue weighted by Gasteiger charge is 2.30. The zero-order valence-electron chi connectivity index (χ0n) is 21.7. The first-order valence-corrected chi connectivity index (χ1v) is 13.1. The summed E-state index contributed by atoms with van der Waals surface area (Å²) < 4.78 is 7.70. The van der Waals surface area contributed by atoms with Crippen molar-refractivity contribution in [2.75, 3.05) is 25.0 Å². The average Bonchev–Trinajstić information content (AvgIpc) is 3.52. The normalized spacial score (nSPS) is 15.2. The van der Waals surface area contributed by atoms with Crippen LogP contribution in [0.5, 0.6) is 5.75 Å². The van der Waals surface area contributed by atoms with Gasteiger partial charge in [-0.2, -0.15) is 0 Å². The van der Waals surface area contributed by atoms with Crippen LogP contribution in [0.25, 0.3) is 11.8 Å². The third-order valence-corrected chi connectivity index (χ3v) is 7.31. The molecule has 4 heterocycles. The van der Waals surface area contributed by atoms with Gasteiger partial charge in [-0.25, -0.2) is 4.98 Å². The van der Waals surface area contributed by atoms with Crippen LogP contribution in [0.1, 0.15) is 46.1 Å². The van der Waals surface area contributed by atoms with E-state index in [1.807, 2.05) is 89.3 Å². The minimum absolute atomic E-state index is 0.0114. The number of hydrogen-bond donors (Lipinski definition) is 1. The van der Waals surface area contributed by atoms with Crippen molar-refractivity contribution in [2.24, 2.45) is 0 Å². The van der Waals surface area contributed by atoms with Gasteiger partial charge in [0.15, 0.2) is 0 Å². The average molecular weight is 520 g/mol. The van der Waals surface area contributed by atoms with Crippen LogP contribution >= 0.6 is 0 Å². The number of piperidine rings is 1. The van der Waals surface area contributed by atoms with E-state index in [0.29, 0.717) is 29.9 Å². The van der Waals surface area contributed by atoms with E-state index in [0.717, 1.165) is 41.2 Å². The Morgan fingerprint density at radius 1 is 1.00 bits per heavy atom. The number of imidazole rings is 1. The Balaban J connectivity index is 1.13. The molecule has 196 valence electrons. The van der Waals surface area contributed by atoms with E-state index in [1.54, 1.807) is 12.5 Å². The Morgan fingerprint density at radius 2 is 1.79 bits per heavy atom. The summed E-state index contributed by atoms with van der Waals surface area (Å²) in [5, 5.41) is 3.02. The van der Waals surface area contributed by atoms with E-state index in [9.17, 15) is 9.59 Å². The number of carbonyl (C=O) groups is 2. The number of para-hydroxylation sites is 1. The van der Waals surface area contributed by atoms with Gasteiger partial charge in [-0.15, -0.1) is 0 Å². The number of benzene rings is 2. The van der Waals surface area contributed by atoms with Gasteiger partial charge in [0.25, 0.3) is 11.8 Å². The lowest BCUT2D eigenvalue weighted by molar-refractivity contribution is -0.128. The first-order chi connectivity index (χ1) is 19.0. The number of nitrogens with one attached hydrogen (secondary N) is 1. The van der Waals surface area contributed by atoms with Crippen molar-refractivity contribution in [3.63, 3.8) is 0 Å². The van der Waals surface area contributed by atoms with Crippen molar-refractivity contribution < 1.29 is 14.3 Å². The van der Waals surface area contributed by atoms with E-state index in [1.165, 1.54) is 0 Å². The SMILES string of the molecule is Cc1ccc(C(=O)Nc2ccc(-n3ccnc3)cc2)c(C2CCN(C(=O)C3=Cc4ccccc4OC3)CC2)n1. The second kappa shape index (κ2) is 10.6. The van der Waals surface area contributed by atoms with Crippen LogP contribution in [0.3, 0.4) is 0 Å². The molecule has 0 spiro atoms. The summed E-state index contributed by atoms with van der Waals surface area (Å²) in [7, 11) is 0. The summed E-state index contributed by atoms with van der Waals surface area (Å²) in [6.07, 6.45) is 8.74. The van der Waals surface area contributed by atoms with E-state index in [2.05, 4.69) is 10.3 Å². The monoisotopic (exact) mass is 519 g/mol. The second-order valence-electron chi connectivity index (χ2n) is 9.92. The van der Waals surface area contributed by atoms with Crippen LogP contribution < -0.4 is 10.1 Å². The summed E-state index contributed by atoms with van der Waals surface area (Å²) in [6.45, 7) is 3.43. The van der Waals surface area contributed by atoms with Crippen molar-refractivity contribution in [1.29, 1.82) is 0 Å². The fourth-order valence-electron chi connectivity index (χ4n) is 5.21. The highest BCUT2D eigenvalue weighted by molar-refractivity contribution is 6.05. The predicted octanol–water partition coefficient (Wildman–Crippen LogP) is 5.01. The molecule has 0 saturated carbocycles. The van der Waals surface area contributed by atoms with E-state index < -0.39 is 0 Å². The van der Waals surface area contributed by atoms with Crippen molar-refractivity contribution in [3.8, 4) is 11.4 Å². The van der Waals surface area contributed by atoms with Crippen LogP contribution in [0.4, 0.5) is 5.69 Å². The molecule has 8 heteroatoms. The molecular weight excluding hydrogens is 490 g/mol. The van der Waals surface area contributed by atoms with Gasteiger partial charge in [-0.1, -0.05) is 18.2 Å². The van der Waals surface area contributed by atoms with Crippen molar-refractivity contribution in [2.45, 2.75) is 25.7 Å². The number of aromatic nitrogens is 3. The molecule has 2 amide bonds. The number of pyridine rings is 1. The highest BCUT2D eigenvalue weighted by Crippen LogP contribution is 2.32. The van der Waals surface area contributed by atoms with E-state index in [-0.39, 0.29) is 24.3 Å². The van der Waals surface area contributed by atoms with Crippen LogP contribution in [-0.4, -0.2) is 50.9 Å². The lowest BCUT2D eigenvalue weighted by Crippen LogP contribution is -2.40. The van der Waals surface area contributed by atoms with Gasteiger partial charge in [-0.3, -0.25) is 14.6 Å². The molecule has 0 atom stereocenters. The molecule has 0 radical (unpaired) electrons. The zero-order chi connectivity index (χ0) is 26.8. The Labute approximate surface area is 227 Å². The number of anilines is 1. The summed E-state index contributed by atoms with van der Waals surface area (Å²) in [4.78, 5) is 37.3. The van der Waals surface area contributed by atoms with Crippen LogP contribution in [0.15, 0.2) is 85.0 Å². The lowest BCUT2D eigenvalue weighted by atomic mass is 9.89. The Kier molecular flexibility index (Phi) is 6.67. The van der Waals surface area contributed by atoms with Gasteiger partial charge >= 0.3 is 0 Å². The van der Waals surface area contributed by atoms with Gasteiger partial charge < -0.3 is 19.5 Å². The molecule has 1 fully saturated rings. The Bertz CT molecular complexity index is 1530. The molecule has 2 aliphatic rings. The minimum atomic E-state index is -0.186. The first-order valence-electron chi connectivity index (χ1n) is 13.1. The molecule has 0 aliphatic carbocycles. The predicted molar refractivity (Wildman–Crippen MR) is 149 cm³/mol. The van der Waals surface area contributed by atoms with Crippen LogP contribution in [0, 0.1) is 6.92 Å². The maximum atomic E-state index is 13.3. The van der Waals surface area contributed by atoms with Crippen LogP contribution in [-0.2, 0) is 4.79 Å². The third kappa shape index (κ3) is 5.18. The number of nitrogens with zero attached hydrogens (tertiary/aromatic N) is 4. The number of carbonyl (C=O) groups excluding carboxylic acids is 2. The molecule has 8 nitrogen and oxygen atoms in total. The number of fused-ring (bicyclic) bond motifs is 1. The lowest BCUT2D eigenvalue weighted by Gasteiger charge is -2.33. The van der Waals surface area contributed by atoms with Crippen molar-refractivity contribution in [3.05, 3.63) is 107 Å². The van der Waals surface area contributed by atoms with Crippen LogP contribution in [0.2, 0.25) is 0 Å². The molecule has 1 saturated heterocycles. The first kappa shape index (κ1) is 24.6. The molecule has 0 unspecified atom stereocenters.